The number of carbonyl (C=O) groups excluding carboxylic acids is 3. The van der Waals surface area contributed by atoms with Gasteiger partial charge >= 0.3 is 0 Å². The first-order chi connectivity index (χ1) is 19.6. The number of benzene rings is 1. The molecule has 13 heteroatoms. The van der Waals surface area contributed by atoms with E-state index in [0.29, 0.717) is 37.4 Å². The molecule has 3 aliphatic rings. The summed E-state index contributed by atoms with van der Waals surface area (Å²) in [5.41, 5.74) is 0. The fourth-order valence-corrected chi connectivity index (χ4v) is 9.03. The molecule has 1 aromatic heterocycles. The van der Waals surface area contributed by atoms with Crippen molar-refractivity contribution in [1.29, 1.82) is 0 Å². The quantitative estimate of drug-likeness (QED) is 0.460. The second-order valence-electron chi connectivity index (χ2n) is 11.3. The highest BCUT2D eigenvalue weighted by molar-refractivity contribution is 7.91. The van der Waals surface area contributed by atoms with Crippen molar-refractivity contribution in [3.63, 3.8) is 0 Å². The Morgan fingerprint density at radius 1 is 1.12 bits per heavy atom. The van der Waals surface area contributed by atoms with Crippen LogP contribution < -0.4 is 4.72 Å². The lowest BCUT2D eigenvalue weighted by atomic mass is 10.1. The molecule has 5 rings (SSSR count). The predicted molar refractivity (Wildman–Crippen MR) is 159 cm³/mol. The molecule has 0 radical (unpaired) electrons. The number of nitrogens with one attached hydrogen (secondary N) is 1. The molecule has 2 aromatic rings. The van der Waals surface area contributed by atoms with Crippen LogP contribution in [0.1, 0.15) is 45.4 Å². The highest BCUT2D eigenvalue weighted by atomic mass is 35.5. The van der Waals surface area contributed by atoms with Crippen molar-refractivity contribution in [2.24, 2.45) is 0 Å². The Balaban J connectivity index is 1.17. The van der Waals surface area contributed by atoms with E-state index in [0.717, 1.165) is 60.3 Å². The van der Waals surface area contributed by atoms with Gasteiger partial charge in [0, 0.05) is 68.0 Å². The molecule has 3 amide bonds. The van der Waals surface area contributed by atoms with Crippen LogP contribution in [0.2, 0.25) is 5.02 Å². The summed E-state index contributed by atoms with van der Waals surface area (Å²) in [5, 5.41) is 1.26. The van der Waals surface area contributed by atoms with Crippen LogP contribution in [0, 0.1) is 0 Å². The lowest BCUT2D eigenvalue weighted by Crippen LogP contribution is -2.55. The Kier molecular flexibility index (Phi) is 9.25. The van der Waals surface area contributed by atoms with E-state index in [-0.39, 0.29) is 40.6 Å². The maximum absolute atomic E-state index is 13.4. The Bertz CT molecular complexity index is 1420. The van der Waals surface area contributed by atoms with Gasteiger partial charge in [0.05, 0.1) is 6.54 Å². The predicted octanol–water partition coefficient (Wildman–Crippen LogP) is 2.76. The van der Waals surface area contributed by atoms with Crippen LogP contribution in [0.5, 0.6) is 0 Å². The molecule has 0 aliphatic carbocycles. The molecule has 3 fully saturated rings. The van der Waals surface area contributed by atoms with Gasteiger partial charge in [0.1, 0.15) is 10.3 Å². The van der Waals surface area contributed by atoms with Gasteiger partial charge in [0.15, 0.2) is 0 Å². The Hall–Kier alpha value is -2.25. The molecule has 3 unspecified atom stereocenters. The monoisotopic (exact) mass is 623 g/mol. The minimum Gasteiger partial charge on any atom is -0.341 e. The van der Waals surface area contributed by atoms with Crippen LogP contribution in [0.4, 0.5) is 0 Å². The van der Waals surface area contributed by atoms with E-state index in [1.165, 1.54) is 4.90 Å². The zero-order chi connectivity index (χ0) is 29.3. The first-order valence-corrected chi connectivity index (χ1v) is 17.0. The third kappa shape index (κ3) is 6.72. The second kappa shape index (κ2) is 12.5. The number of rotatable bonds is 9. The van der Waals surface area contributed by atoms with Crippen LogP contribution in [-0.4, -0.2) is 110 Å². The normalized spacial score (nSPS) is 24.0. The fraction of sp³-hybridized carbons (Fsp3) is 0.607. The molecule has 41 heavy (non-hydrogen) atoms. The van der Waals surface area contributed by atoms with E-state index in [1.54, 1.807) is 24.3 Å². The maximum atomic E-state index is 13.4. The van der Waals surface area contributed by atoms with Crippen molar-refractivity contribution in [1.82, 2.24) is 24.3 Å². The van der Waals surface area contributed by atoms with Crippen molar-refractivity contribution in [3.8, 4) is 0 Å². The molecule has 10 nitrogen and oxygen atoms in total. The highest BCUT2D eigenvalue weighted by Gasteiger charge is 2.37. The molecule has 4 heterocycles. The molecule has 3 saturated heterocycles. The number of hydrogen-bond donors (Lipinski definition) is 1. The van der Waals surface area contributed by atoms with Gasteiger partial charge in [0.25, 0.3) is 10.0 Å². The van der Waals surface area contributed by atoms with Crippen LogP contribution >= 0.6 is 22.9 Å². The number of piperidine rings is 1. The van der Waals surface area contributed by atoms with Gasteiger partial charge in [-0.2, -0.15) is 4.72 Å². The Morgan fingerprint density at radius 3 is 2.68 bits per heavy atom. The van der Waals surface area contributed by atoms with Crippen LogP contribution in [0.15, 0.2) is 28.5 Å². The van der Waals surface area contributed by atoms with Crippen LogP contribution in [0.3, 0.4) is 0 Å². The lowest BCUT2D eigenvalue weighted by molar-refractivity contribution is -0.143. The summed E-state index contributed by atoms with van der Waals surface area (Å²) in [4.78, 5) is 46.4. The summed E-state index contributed by atoms with van der Waals surface area (Å²) in [6, 6.07) is 6.14. The molecule has 224 valence electrons. The van der Waals surface area contributed by atoms with E-state index in [4.69, 9.17) is 11.6 Å². The standard InChI is InChI=1S/C28H38ClN5O5S2/c1-3-25(35)31(2)21-10-13-32(16-21)17-22-6-4-12-34(22)26(36)18-33-11-5-7-23(28(33)37)30-41(38,39)27-15-19-14-20(29)8-9-24(19)40-27/h8-9,14-15,21-23,30H,3-7,10-13,16-18H2,1-2H3. The minimum absolute atomic E-state index is 0.0503. The molecular weight excluding hydrogens is 586 g/mol. The van der Waals surface area contributed by atoms with E-state index >= 15 is 0 Å². The zero-order valence-corrected chi connectivity index (χ0v) is 25.9. The van der Waals surface area contributed by atoms with Gasteiger partial charge in [-0.25, -0.2) is 8.42 Å². The minimum atomic E-state index is -3.92. The van der Waals surface area contributed by atoms with Gasteiger partial charge in [-0.1, -0.05) is 18.5 Å². The number of hydrogen-bond acceptors (Lipinski definition) is 7. The van der Waals surface area contributed by atoms with Gasteiger partial charge < -0.3 is 14.7 Å². The van der Waals surface area contributed by atoms with E-state index in [1.807, 2.05) is 23.8 Å². The summed E-state index contributed by atoms with van der Waals surface area (Å²) in [6.45, 7) is 5.36. The summed E-state index contributed by atoms with van der Waals surface area (Å²) in [6.07, 6.45) is 4.24. The summed E-state index contributed by atoms with van der Waals surface area (Å²) < 4.78 is 29.8. The van der Waals surface area contributed by atoms with Crippen molar-refractivity contribution < 1.29 is 22.8 Å². The van der Waals surface area contributed by atoms with Gasteiger partial charge in [-0.3, -0.25) is 19.3 Å². The van der Waals surface area contributed by atoms with Crippen molar-refractivity contribution in [2.45, 2.75) is 67.8 Å². The van der Waals surface area contributed by atoms with Crippen LogP contribution in [-0.2, 0) is 24.4 Å². The number of fused-ring (bicyclic) bond motifs is 1. The van der Waals surface area contributed by atoms with E-state index < -0.39 is 16.1 Å². The summed E-state index contributed by atoms with van der Waals surface area (Å²) >= 11 is 7.18. The Labute approximate surface area is 250 Å². The third-order valence-electron chi connectivity index (χ3n) is 8.53. The van der Waals surface area contributed by atoms with Gasteiger partial charge in [0.2, 0.25) is 17.7 Å². The molecule has 0 saturated carbocycles. The number of carbonyl (C=O) groups is 3. The van der Waals surface area contributed by atoms with E-state index in [9.17, 15) is 22.8 Å². The number of halogens is 1. The van der Waals surface area contributed by atoms with Gasteiger partial charge in [-0.05, 0) is 61.8 Å². The molecule has 3 aliphatic heterocycles. The number of likely N-dealkylation sites (N-methyl/N-ethyl adjacent to an activating group) is 1. The van der Waals surface area contributed by atoms with Crippen molar-refractivity contribution >= 4 is 60.8 Å². The molecule has 1 aromatic carbocycles. The summed E-state index contributed by atoms with van der Waals surface area (Å²) in [5.74, 6) is -0.311. The average molecular weight is 624 g/mol. The highest BCUT2D eigenvalue weighted by Crippen LogP contribution is 2.31. The third-order valence-corrected chi connectivity index (χ3v) is 11.8. The topological polar surface area (TPSA) is 110 Å². The summed E-state index contributed by atoms with van der Waals surface area (Å²) in [7, 11) is -2.05. The Morgan fingerprint density at radius 2 is 1.90 bits per heavy atom. The maximum Gasteiger partial charge on any atom is 0.250 e. The number of likely N-dealkylation sites (tertiary alicyclic amines) is 3. The largest absolute Gasteiger partial charge is 0.341 e. The first-order valence-electron chi connectivity index (χ1n) is 14.3. The van der Waals surface area contributed by atoms with E-state index in [2.05, 4.69) is 9.62 Å². The molecule has 0 bridgehead atoms. The molecular formula is C28H38ClN5O5S2. The second-order valence-corrected chi connectivity index (χ2v) is 14.7. The number of sulfonamides is 1. The zero-order valence-electron chi connectivity index (χ0n) is 23.6. The SMILES string of the molecule is CCC(=O)N(C)C1CCN(CC2CCCN2C(=O)CN2CCCC(NS(=O)(=O)c3cc4cc(Cl)ccc4s3)C2=O)C1. The lowest BCUT2D eigenvalue weighted by Gasteiger charge is -2.35. The molecule has 3 atom stereocenters. The number of amides is 3. The number of nitrogens with zero attached hydrogens (tertiary/aromatic N) is 4. The average Bonchev–Trinajstić information content (AvgIpc) is 3.70. The van der Waals surface area contributed by atoms with Gasteiger partial charge in [-0.15, -0.1) is 11.3 Å². The van der Waals surface area contributed by atoms with Crippen molar-refractivity contribution in [2.75, 3.05) is 46.3 Å². The van der Waals surface area contributed by atoms with Crippen molar-refractivity contribution in [3.05, 3.63) is 29.3 Å². The van der Waals surface area contributed by atoms with Crippen LogP contribution in [0.25, 0.3) is 10.1 Å². The molecule has 0 spiro atoms. The molecule has 1 N–H and O–H groups in total. The smallest absolute Gasteiger partial charge is 0.250 e. The fourth-order valence-electron chi connectivity index (χ4n) is 6.23. The first kappa shape index (κ1) is 30.2. The number of thiophene rings is 1.